The molecule has 27 heavy (non-hydrogen) atoms. The Bertz CT molecular complexity index is 1010. The number of hydrazone groups is 1. The normalized spacial score (nSPS) is 12.7. The smallest absolute Gasteiger partial charge is 0.310 e. The van der Waals surface area contributed by atoms with Crippen LogP contribution in [-0.4, -0.2) is 23.9 Å². The van der Waals surface area contributed by atoms with Crippen molar-refractivity contribution in [1.29, 1.82) is 0 Å². The fourth-order valence-corrected chi connectivity index (χ4v) is 2.94. The Morgan fingerprint density at radius 1 is 0.963 bits per heavy atom. The van der Waals surface area contributed by atoms with Crippen LogP contribution >= 0.6 is 0 Å². The molecule has 5 nitrogen and oxygen atoms in total. The van der Waals surface area contributed by atoms with Crippen molar-refractivity contribution in [3.05, 3.63) is 83.9 Å². The van der Waals surface area contributed by atoms with Gasteiger partial charge in [-0.3, -0.25) is 4.79 Å². The van der Waals surface area contributed by atoms with Crippen LogP contribution in [0.4, 0.5) is 0 Å². The number of rotatable bonds is 3. The van der Waals surface area contributed by atoms with Crippen LogP contribution in [0.2, 0.25) is 0 Å². The van der Waals surface area contributed by atoms with Crippen molar-refractivity contribution in [2.24, 2.45) is 5.10 Å². The number of fused-ring (bicyclic) bond motifs is 1. The zero-order chi connectivity index (χ0) is 18.8. The van der Waals surface area contributed by atoms with E-state index in [1.807, 2.05) is 61.5 Å². The van der Waals surface area contributed by atoms with Crippen LogP contribution < -0.4 is 9.57 Å². The minimum absolute atomic E-state index is 0.331. The van der Waals surface area contributed by atoms with Gasteiger partial charge in [0.25, 0.3) is 0 Å². The lowest BCUT2D eigenvalue weighted by Crippen LogP contribution is -2.33. The van der Waals surface area contributed by atoms with Gasteiger partial charge in [0.1, 0.15) is 5.75 Å². The van der Waals surface area contributed by atoms with E-state index in [1.165, 1.54) is 0 Å². The number of ether oxygens (including phenoxy) is 1. The Hall–Kier alpha value is -3.60. The molecule has 1 aliphatic rings. The van der Waals surface area contributed by atoms with E-state index in [-0.39, 0.29) is 5.91 Å². The average Bonchev–Trinajstić information content (AvgIpc) is 2.73. The summed E-state index contributed by atoms with van der Waals surface area (Å²) in [7, 11) is 1.59. The molecule has 0 bridgehead atoms. The summed E-state index contributed by atoms with van der Waals surface area (Å²) in [4.78, 5) is 18.5. The Morgan fingerprint density at radius 3 is 2.37 bits per heavy atom. The number of methoxy groups -OCH3 is 1. The highest BCUT2D eigenvalue weighted by Crippen LogP contribution is 2.30. The molecule has 3 aromatic carbocycles. The highest BCUT2D eigenvalue weighted by atomic mass is 16.7. The van der Waals surface area contributed by atoms with E-state index in [4.69, 9.17) is 9.57 Å². The summed E-state index contributed by atoms with van der Waals surface area (Å²) in [5.74, 6) is 0.863. The molecule has 0 aliphatic carbocycles. The monoisotopic (exact) mass is 358 g/mol. The summed E-state index contributed by atoms with van der Waals surface area (Å²) >= 11 is 0. The summed E-state index contributed by atoms with van der Waals surface area (Å²) in [6.07, 6.45) is 0. The first kappa shape index (κ1) is 16.8. The lowest BCUT2D eigenvalue weighted by atomic mass is 10.0. The van der Waals surface area contributed by atoms with Crippen LogP contribution in [0, 0.1) is 0 Å². The number of carbonyl (C=O) groups excluding carboxylic acids is 1. The standard InChI is InChI=1S/C22H18N2O3/c1-15-20-13-12-19(26-2)14-21(20)27-24(23-15)22(25)18-10-8-17(9-11-18)16-6-4-3-5-7-16/h3-14H,1-2H3. The maximum atomic E-state index is 12.8. The second-order valence-corrected chi connectivity index (χ2v) is 6.16. The van der Waals surface area contributed by atoms with Crippen molar-refractivity contribution in [2.45, 2.75) is 6.92 Å². The molecule has 1 heterocycles. The van der Waals surface area contributed by atoms with E-state index in [0.29, 0.717) is 22.8 Å². The van der Waals surface area contributed by atoms with Crippen molar-refractivity contribution in [2.75, 3.05) is 7.11 Å². The SMILES string of the molecule is COc1ccc2c(c1)ON(C(=O)c1ccc(-c3ccccc3)cc1)N=C2C. The fraction of sp³-hybridized carbons (Fsp3) is 0.0909. The number of hydrogen-bond donors (Lipinski definition) is 0. The lowest BCUT2D eigenvalue weighted by Gasteiger charge is -2.24. The second kappa shape index (κ2) is 6.96. The molecule has 0 N–H and O–H groups in total. The molecule has 4 rings (SSSR count). The van der Waals surface area contributed by atoms with Crippen molar-refractivity contribution < 1.29 is 14.4 Å². The van der Waals surface area contributed by atoms with Gasteiger partial charge in [-0.15, -0.1) is 5.10 Å². The van der Waals surface area contributed by atoms with Gasteiger partial charge in [-0.1, -0.05) is 47.6 Å². The Kier molecular flexibility index (Phi) is 4.34. The third-order valence-electron chi connectivity index (χ3n) is 4.42. The summed E-state index contributed by atoms with van der Waals surface area (Å²) in [5, 5.41) is 5.30. The summed E-state index contributed by atoms with van der Waals surface area (Å²) < 4.78 is 5.23. The predicted molar refractivity (Wildman–Crippen MR) is 104 cm³/mol. The summed E-state index contributed by atoms with van der Waals surface area (Å²) in [5.41, 5.74) is 4.17. The van der Waals surface area contributed by atoms with Crippen molar-refractivity contribution in [3.8, 4) is 22.6 Å². The van der Waals surface area contributed by atoms with Gasteiger partial charge in [-0.05, 0) is 42.3 Å². The highest BCUT2D eigenvalue weighted by Gasteiger charge is 2.25. The van der Waals surface area contributed by atoms with Crippen LogP contribution in [0.15, 0.2) is 77.9 Å². The largest absolute Gasteiger partial charge is 0.497 e. The Morgan fingerprint density at radius 2 is 1.67 bits per heavy atom. The molecule has 0 aromatic heterocycles. The molecule has 1 aliphatic heterocycles. The van der Waals surface area contributed by atoms with Gasteiger partial charge in [0, 0.05) is 17.2 Å². The topological polar surface area (TPSA) is 51.1 Å². The molecule has 5 heteroatoms. The van der Waals surface area contributed by atoms with Gasteiger partial charge in [0.15, 0.2) is 5.75 Å². The molecule has 0 radical (unpaired) electrons. The minimum atomic E-state index is -0.331. The zero-order valence-corrected chi connectivity index (χ0v) is 15.0. The average molecular weight is 358 g/mol. The number of nitrogens with zero attached hydrogens (tertiary/aromatic N) is 2. The van der Waals surface area contributed by atoms with E-state index in [2.05, 4.69) is 5.10 Å². The summed E-state index contributed by atoms with van der Waals surface area (Å²) in [6.45, 7) is 1.84. The van der Waals surface area contributed by atoms with Crippen molar-refractivity contribution >= 4 is 11.6 Å². The number of hydroxylamine groups is 1. The number of carbonyl (C=O) groups is 1. The van der Waals surface area contributed by atoms with Crippen LogP contribution in [0.5, 0.6) is 11.5 Å². The van der Waals surface area contributed by atoms with E-state index < -0.39 is 0 Å². The van der Waals surface area contributed by atoms with Gasteiger partial charge < -0.3 is 9.57 Å². The molecule has 0 fully saturated rings. The van der Waals surface area contributed by atoms with Gasteiger partial charge in [-0.2, -0.15) is 0 Å². The second-order valence-electron chi connectivity index (χ2n) is 6.16. The van der Waals surface area contributed by atoms with Gasteiger partial charge >= 0.3 is 5.91 Å². The van der Waals surface area contributed by atoms with Gasteiger partial charge in [-0.25, -0.2) is 0 Å². The van der Waals surface area contributed by atoms with E-state index in [0.717, 1.165) is 21.9 Å². The Balaban J connectivity index is 1.59. The molecule has 3 aromatic rings. The van der Waals surface area contributed by atoms with Gasteiger partial charge in [0.2, 0.25) is 0 Å². The van der Waals surface area contributed by atoms with E-state index in [9.17, 15) is 4.79 Å². The van der Waals surface area contributed by atoms with E-state index >= 15 is 0 Å². The molecular formula is C22H18N2O3. The lowest BCUT2D eigenvalue weighted by molar-refractivity contribution is -0.0348. The molecule has 0 saturated carbocycles. The number of hydrogen-bond acceptors (Lipinski definition) is 4. The number of amides is 1. The maximum absolute atomic E-state index is 12.8. The zero-order valence-electron chi connectivity index (χ0n) is 15.0. The third-order valence-corrected chi connectivity index (χ3v) is 4.42. The van der Waals surface area contributed by atoms with Crippen LogP contribution in [0.25, 0.3) is 11.1 Å². The molecule has 0 saturated heterocycles. The van der Waals surface area contributed by atoms with Crippen LogP contribution in [0.1, 0.15) is 22.8 Å². The fourth-order valence-electron chi connectivity index (χ4n) is 2.94. The van der Waals surface area contributed by atoms with E-state index in [1.54, 1.807) is 25.3 Å². The quantitative estimate of drug-likeness (QED) is 0.691. The van der Waals surface area contributed by atoms with Gasteiger partial charge in [0.05, 0.1) is 12.8 Å². The molecule has 0 spiro atoms. The molecule has 1 amide bonds. The maximum Gasteiger partial charge on any atom is 0.310 e. The molecule has 134 valence electrons. The first-order valence-corrected chi connectivity index (χ1v) is 8.57. The summed E-state index contributed by atoms with van der Waals surface area (Å²) in [6, 6.07) is 22.8. The predicted octanol–water partition coefficient (Wildman–Crippen LogP) is 4.54. The van der Waals surface area contributed by atoms with Crippen LogP contribution in [0.3, 0.4) is 0 Å². The Labute approximate surface area is 157 Å². The first-order valence-electron chi connectivity index (χ1n) is 8.57. The molecular weight excluding hydrogens is 340 g/mol. The first-order chi connectivity index (χ1) is 13.2. The number of benzene rings is 3. The van der Waals surface area contributed by atoms with Crippen LogP contribution in [-0.2, 0) is 0 Å². The third kappa shape index (κ3) is 3.27. The van der Waals surface area contributed by atoms with Crippen molar-refractivity contribution in [1.82, 2.24) is 5.17 Å². The highest BCUT2D eigenvalue weighted by molar-refractivity contribution is 6.03. The van der Waals surface area contributed by atoms with Crippen molar-refractivity contribution in [3.63, 3.8) is 0 Å². The molecule has 0 atom stereocenters. The molecule has 0 unspecified atom stereocenters. The minimum Gasteiger partial charge on any atom is -0.497 e.